The lowest BCUT2D eigenvalue weighted by Gasteiger charge is -2.29. The monoisotopic (exact) mass is 306 g/mol. The summed E-state index contributed by atoms with van der Waals surface area (Å²) in [6, 6.07) is 0. The first-order valence-corrected chi connectivity index (χ1v) is 9.98. The summed E-state index contributed by atoms with van der Waals surface area (Å²) in [5.41, 5.74) is 1.55. The Labute approximate surface area is 138 Å². The SMILES string of the molecule is CCC1CCCCCC(C)/C2=C\C(O)CCC(CC2)CC1C. The zero-order valence-electron chi connectivity index (χ0n) is 15.2. The van der Waals surface area contributed by atoms with E-state index in [-0.39, 0.29) is 6.10 Å². The van der Waals surface area contributed by atoms with Crippen molar-refractivity contribution in [1.29, 1.82) is 0 Å². The van der Waals surface area contributed by atoms with Gasteiger partial charge in [-0.05, 0) is 62.2 Å². The number of hydrogen-bond acceptors (Lipinski definition) is 1. The summed E-state index contributed by atoms with van der Waals surface area (Å²) in [6.07, 6.45) is 16.4. The number of rotatable bonds is 1. The molecule has 0 radical (unpaired) electrons. The van der Waals surface area contributed by atoms with Crippen LogP contribution < -0.4 is 0 Å². The second kappa shape index (κ2) is 9.11. The first-order valence-electron chi connectivity index (χ1n) is 9.98. The highest BCUT2D eigenvalue weighted by Gasteiger charge is 2.24. The van der Waals surface area contributed by atoms with Crippen molar-refractivity contribution in [3.8, 4) is 0 Å². The number of aliphatic hydroxyl groups excluding tert-OH is 1. The first-order chi connectivity index (χ1) is 10.6. The van der Waals surface area contributed by atoms with Crippen LogP contribution in [0.2, 0.25) is 0 Å². The van der Waals surface area contributed by atoms with E-state index >= 15 is 0 Å². The predicted octanol–water partition coefficient (Wildman–Crippen LogP) is 6.12. The third-order valence-corrected chi connectivity index (χ3v) is 6.50. The molecule has 5 unspecified atom stereocenters. The molecular weight excluding hydrogens is 268 g/mol. The summed E-state index contributed by atoms with van der Waals surface area (Å²) < 4.78 is 0. The van der Waals surface area contributed by atoms with E-state index in [0.29, 0.717) is 5.92 Å². The van der Waals surface area contributed by atoms with Crippen LogP contribution >= 0.6 is 0 Å². The Balaban J connectivity index is 2.11. The van der Waals surface area contributed by atoms with Gasteiger partial charge in [-0.25, -0.2) is 0 Å². The number of allylic oxidation sites excluding steroid dienone is 1. The molecule has 0 amide bonds. The molecule has 0 aliphatic heterocycles. The van der Waals surface area contributed by atoms with Crippen LogP contribution in [0, 0.1) is 23.7 Å². The Bertz CT molecular complexity index is 346. The molecule has 1 saturated carbocycles. The molecule has 2 bridgehead atoms. The average molecular weight is 307 g/mol. The molecule has 0 heterocycles. The Morgan fingerprint density at radius 3 is 2.55 bits per heavy atom. The van der Waals surface area contributed by atoms with E-state index in [1.54, 1.807) is 5.57 Å². The van der Waals surface area contributed by atoms with Gasteiger partial charge in [-0.2, -0.15) is 0 Å². The molecule has 2 rings (SSSR count). The highest BCUT2D eigenvalue weighted by molar-refractivity contribution is 5.10. The Morgan fingerprint density at radius 1 is 1.00 bits per heavy atom. The predicted molar refractivity (Wildman–Crippen MR) is 95.9 cm³/mol. The van der Waals surface area contributed by atoms with Gasteiger partial charge in [0.25, 0.3) is 0 Å². The van der Waals surface area contributed by atoms with E-state index in [1.807, 2.05) is 0 Å². The Kier molecular flexibility index (Phi) is 7.47. The van der Waals surface area contributed by atoms with E-state index < -0.39 is 0 Å². The van der Waals surface area contributed by atoms with Crippen molar-refractivity contribution >= 4 is 0 Å². The number of aliphatic hydroxyl groups is 1. The quantitative estimate of drug-likeness (QED) is 0.579. The molecule has 0 spiro atoms. The van der Waals surface area contributed by atoms with E-state index in [1.165, 1.54) is 64.2 Å². The van der Waals surface area contributed by atoms with Crippen molar-refractivity contribution in [3.63, 3.8) is 0 Å². The fraction of sp³-hybridized carbons (Fsp3) is 0.905. The molecule has 1 N–H and O–H groups in total. The maximum absolute atomic E-state index is 10.3. The molecule has 0 aromatic rings. The molecule has 0 aromatic carbocycles. The van der Waals surface area contributed by atoms with Crippen LogP contribution in [0.1, 0.15) is 91.4 Å². The summed E-state index contributed by atoms with van der Waals surface area (Å²) in [7, 11) is 0. The van der Waals surface area contributed by atoms with Gasteiger partial charge in [0.05, 0.1) is 6.10 Å². The summed E-state index contributed by atoms with van der Waals surface area (Å²) >= 11 is 0. The normalized spacial score (nSPS) is 41.3. The van der Waals surface area contributed by atoms with Crippen molar-refractivity contribution in [2.24, 2.45) is 23.7 Å². The molecule has 0 saturated heterocycles. The van der Waals surface area contributed by atoms with Gasteiger partial charge < -0.3 is 5.11 Å². The third kappa shape index (κ3) is 5.41. The molecule has 22 heavy (non-hydrogen) atoms. The molecule has 1 heteroatoms. The molecular formula is C21H38O. The lowest BCUT2D eigenvalue weighted by molar-refractivity contribution is 0.178. The lowest BCUT2D eigenvalue weighted by Crippen LogP contribution is -2.19. The fourth-order valence-corrected chi connectivity index (χ4v) is 4.81. The van der Waals surface area contributed by atoms with Gasteiger partial charge in [0, 0.05) is 0 Å². The minimum atomic E-state index is -0.192. The molecule has 0 aromatic heterocycles. The zero-order chi connectivity index (χ0) is 15.9. The van der Waals surface area contributed by atoms with E-state index in [9.17, 15) is 5.11 Å². The van der Waals surface area contributed by atoms with Gasteiger partial charge in [-0.1, -0.05) is 64.5 Å². The second-order valence-corrected chi connectivity index (χ2v) is 8.21. The minimum Gasteiger partial charge on any atom is -0.389 e. The molecule has 2 aliphatic carbocycles. The topological polar surface area (TPSA) is 20.2 Å². The average Bonchev–Trinajstić information content (AvgIpc) is 2.49. The summed E-state index contributed by atoms with van der Waals surface area (Å²) in [5, 5.41) is 10.3. The fourth-order valence-electron chi connectivity index (χ4n) is 4.81. The number of fused-ring (bicyclic) bond motifs is 3. The van der Waals surface area contributed by atoms with Gasteiger partial charge in [0.2, 0.25) is 0 Å². The maximum Gasteiger partial charge on any atom is 0.0723 e. The van der Waals surface area contributed by atoms with Crippen molar-refractivity contribution < 1.29 is 5.11 Å². The van der Waals surface area contributed by atoms with Crippen LogP contribution in [0.3, 0.4) is 0 Å². The smallest absolute Gasteiger partial charge is 0.0723 e. The van der Waals surface area contributed by atoms with Crippen molar-refractivity contribution in [1.82, 2.24) is 0 Å². The zero-order valence-corrected chi connectivity index (χ0v) is 15.2. The summed E-state index contributed by atoms with van der Waals surface area (Å²) in [6.45, 7) is 7.25. The van der Waals surface area contributed by atoms with E-state index in [2.05, 4.69) is 26.8 Å². The largest absolute Gasteiger partial charge is 0.389 e. The molecule has 1 nitrogen and oxygen atoms in total. The summed E-state index contributed by atoms with van der Waals surface area (Å²) in [4.78, 5) is 0. The van der Waals surface area contributed by atoms with Crippen molar-refractivity contribution in [2.45, 2.75) is 97.5 Å². The van der Waals surface area contributed by atoms with Crippen LogP contribution in [-0.2, 0) is 0 Å². The van der Waals surface area contributed by atoms with Crippen LogP contribution in [0.4, 0.5) is 0 Å². The van der Waals surface area contributed by atoms with E-state index in [0.717, 1.165) is 24.2 Å². The highest BCUT2D eigenvalue weighted by atomic mass is 16.3. The van der Waals surface area contributed by atoms with Crippen molar-refractivity contribution in [2.75, 3.05) is 0 Å². The molecule has 5 atom stereocenters. The third-order valence-electron chi connectivity index (χ3n) is 6.50. The van der Waals surface area contributed by atoms with Crippen LogP contribution in [0.5, 0.6) is 0 Å². The highest BCUT2D eigenvalue weighted by Crippen LogP contribution is 2.36. The Hall–Kier alpha value is -0.300. The minimum absolute atomic E-state index is 0.192. The van der Waals surface area contributed by atoms with Crippen LogP contribution in [0.15, 0.2) is 11.6 Å². The Morgan fingerprint density at radius 2 is 1.77 bits per heavy atom. The van der Waals surface area contributed by atoms with Gasteiger partial charge in [-0.3, -0.25) is 0 Å². The lowest BCUT2D eigenvalue weighted by atomic mass is 9.77. The van der Waals surface area contributed by atoms with Gasteiger partial charge in [0.1, 0.15) is 0 Å². The first kappa shape index (κ1) is 18.0. The van der Waals surface area contributed by atoms with Gasteiger partial charge >= 0.3 is 0 Å². The van der Waals surface area contributed by atoms with Crippen LogP contribution in [0.25, 0.3) is 0 Å². The van der Waals surface area contributed by atoms with Gasteiger partial charge in [-0.15, -0.1) is 0 Å². The maximum atomic E-state index is 10.3. The van der Waals surface area contributed by atoms with Crippen molar-refractivity contribution in [3.05, 3.63) is 11.6 Å². The second-order valence-electron chi connectivity index (χ2n) is 8.21. The molecule has 128 valence electrons. The van der Waals surface area contributed by atoms with Crippen LogP contribution in [-0.4, -0.2) is 11.2 Å². The summed E-state index contributed by atoms with van der Waals surface area (Å²) in [5.74, 6) is 3.28. The molecule has 1 fully saturated rings. The molecule has 2 aliphatic rings. The number of hydrogen-bond donors (Lipinski definition) is 1. The van der Waals surface area contributed by atoms with E-state index in [4.69, 9.17) is 0 Å². The standard InChI is InChI=1S/C21H38O/c1-4-19-9-7-5-6-8-16(2)20-12-10-18(14-17(19)3)11-13-21(22)15-20/h15-19,21-22H,4-14H2,1-3H3/b20-15-. The van der Waals surface area contributed by atoms with Gasteiger partial charge in [0.15, 0.2) is 0 Å².